The van der Waals surface area contributed by atoms with Crippen LogP contribution in [0.4, 0.5) is 17.1 Å². The Morgan fingerprint density at radius 2 is 1.58 bits per heavy atom. The number of anilines is 2. The first-order valence-electron chi connectivity index (χ1n) is 9.59. The first-order chi connectivity index (χ1) is 15.0. The van der Waals surface area contributed by atoms with Crippen molar-refractivity contribution in [3.8, 4) is 0 Å². The van der Waals surface area contributed by atoms with Crippen molar-refractivity contribution in [1.82, 2.24) is 0 Å². The number of ether oxygens (including phenoxy) is 1. The van der Waals surface area contributed by atoms with Gasteiger partial charge in [-0.3, -0.25) is 19.7 Å². The molecule has 0 saturated heterocycles. The molecule has 0 saturated carbocycles. The number of benzene rings is 3. The van der Waals surface area contributed by atoms with Crippen LogP contribution in [-0.4, -0.2) is 29.8 Å². The fourth-order valence-corrected chi connectivity index (χ4v) is 4.42. The van der Waals surface area contributed by atoms with Gasteiger partial charge in [0, 0.05) is 34.0 Å². The Morgan fingerprint density at radius 3 is 2.23 bits per heavy atom. The molecule has 1 aliphatic heterocycles. The van der Waals surface area contributed by atoms with E-state index < -0.39 is 23.3 Å². The molecule has 0 aromatic heterocycles. The third-order valence-corrected chi connectivity index (χ3v) is 5.95. The van der Waals surface area contributed by atoms with E-state index in [1.54, 1.807) is 11.8 Å². The summed E-state index contributed by atoms with van der Waals surface area (Å²) < 4.78 is 5.14. The average Bonchev–Trinajstić information content (AvgIpc) is 2.80. The van der Waals surface area contributed by atoms with Crippen molar-refractivity contribution in [2.45, 2.75) is 16.2 Å². The zero-order valence-electron chi connectivity index (χ0n) is 16.4. The van der Waals surface area contributed by atoms with Crippen LogP contribution < -0.4 is 4.90 Å². The third-order valence-electron chi connectivity index (χ3n) is 4.81. The summed E-state index contributed by atoms with van der Waals surface area (Å²) in [7, 11) is 0. The van der Waals surface area contributed by atoms with Gasteiger partial charge in [0.2, 0.25) is 5.78 Å². The molecule has 0 spiro atoms. The summed E-state index contributed by atoms with van der Waals surface area (Å²) >= 11 is 1.68. The van der Waals surface area contributed by atoms with Gasteiger partial charge >= 0.3 is 5.97 Å². The maximum atomic E-state index is 12.3. The number of hydrogen-bond acceptors (Lipinski definition) is 7. The average molecular weight is 434 g/mol. The predicted molar refractivity (Wildman–Crippen MR) is 117 cm³/mol. The van der Waals surface area contributed by atoms with Crippen LogP contribution in [0.2, 0.25) is 0 Å². The second-order valence-corrected chi connectivity index (χ2v) is 7.91. The van der Waals surface area contributed by atoms with Crippen LogP contribution in [0.1, 0.15) is 16.8 Å². The Morgan fingerprint density at radius 1 is 0.935 bits per heavy atom. The lowest BCUT2D eigenvalue weighted by atomic mass is 10.1. The number of esters is 1. The number of nitro benzene ring substituents is 1. The Bertz CT molecular complexity index is 1120. The molecule has 0 fully saturated rings. The fraction of sp³-hybridized carbons (Fsp3) is 0.130. The van der Waals surface area contributed by atoms with Gasteiger partial charge in [-0.1, -0.05) is 48.2 Å². The van der Waals surface area contributed by atoms with Crippen molar-refractivity contribution in [2.75, 3.05) is 18.1 Å². The number of fused-ring (bicyclic) bond motifs is 2. The van der Waals surface area contributed by atoms with Gasteiger partial charge < -0.3 is 9.64 Å². The summed E-state index contributed by atoms with van der Waals surface area (Å²) in [5, 5.41) is 10.9. The Labute approximate surface area is 182 Å². The molecule has 1 aliphatic rings. The molecule has 156 valence electrons. The number of rotatable bonds is 7. The Kier molecular flexibility index (Phi) is 5.99. The molecule has 8 heteroatoms. The van der Waals surface area contributed by atoms with E-state index in [-0.39, 0.29) is 17.7 Å². The molecule has 0 radical (unpaired) electrons. The van der Waals surface area contributed by atoms with E-state index in [9.17, 15) is 19.7 Å². The van der Waals surface area contributed by atoms with Crippen molar-refractivity contribution in [2.24, 2.45) is 0 Å². The van der Waals surface area contributed by atoms with Crippen molar-refractivity contribution in [1.29, 1.82) is 0 Å². The highest BCUT2D eigenvalue weighted by atomic mass is 32.2. The second-order valence-electron chi connectivity index (χ2n) is 6.83. The summed E-state index contributed by atoms with van der Waals surface area (Å²) in [4.78, 5) is 39.1. The minimum absolute atomic E-state index is 0.0928. The van der Waals surface area contributed by atoms with Crippen LogP contribution in [0.3, 0.4) is 0 Å². The van der Waals surface area contributed by atoms with Crippen molar-refractivity contribution in [3.05, 3.63) is 88.5 Å². The number of carbonyl (C=O) groups is 2. The lowest BCUT2D eigenvalue weighted by Crippen LogP contribution is -2.25. The number of nitrogens with zero attached hydrogens (tertiary/aromatic N) is 2. The Hall–Kier alpha value is -3.65. The molecule has 31 heavy (non-hydrogen) atoms. The van der Waals surface area contributed by atoms with Crippen molar-refractivity contribution in [3.63, 3.8) is 0 Å². The molecule has 0 atom stereocenters. The number of non-ortho nitro benzene ring substituents is 1. The van der Waals surface area contributed by atoms with Gasteiger partial charge in [-0.05, 0) is 24.3 Å². The smallest absolute Gasteiger partial charge is 0.308 e. The fourth-order valence-electron chi connectivity index (χ4n) is 3.32. The number of hydrogen-bond donors (Lipinski definition) is 0. The van der Waals surface area contributed by atoms with E-state index in [0.717, 1.165) is 21.2 Å². The molecule has 4 rings (SSSR count). The summed E-state index contributed by atoms with van der Waals surface area (Å²) in [6, 6.07) is 21.3. The van der Waals surface area contributed by atoms with E-state index in [0.29, 0.717) is 6.54 Å². The quantitative estimate of drug-likeness (QED) is 0.223. The Balaban J connectivity index is 1.39. The van der Waals surface area contributed by atoms with Crippen LogP contribution >= 0.6 is 11.8 Å². The standard InChI is InChI=1S/C23H18N2O5S/c26-20(16-6-5-7-17(14-16)25(28)29)15-30-23(27)12-13-24-18-8-1-3-10-21(18)31-22-11-4-2-9-19(22)24/h1-11,14H,12-13,15H2. The minimum Gasteiger partial charge on any atom is -0.457 e. The first-order valence-corrected chi connectivity index (χ1v) is 10.4. The molecule has 7 nitrogen and oxygen atoms in total. The normalized spacial score (nSPS) is 11.9. The summed E-state index contributed by atoms with van der Waals surface area (Å²) in [5.41, 5.74) is 1.99. The minimum atomic E-state index is -0.574. The summed E-state index contributed by atoms with van der Waals surface area (Å²) in [6.45, 7) is -0.0541. The molecule has 3 aromatic carbocycles. The van der Waals surface area contributed by atoms with E-state index in [1.165, 1.54) is 24.3 Å². The zero-order valence-corrected chi connectivity index (χ0v) is 17.2. The molecular formula is C23H18N2O5S. The number of ketones is 1. The van der Waals surface area contributed by atoms with E-state index in [2.05, 4.69) is 4.90 Å². The van der Waals surface area contributed by atoms with Crippen LogP contribution in [0.15, 0.2) is 82.6 Å². The highest BCUT2D eigenvalue weighted by Crippen LogP contribution is 2.47. The SMILES string of the molecule is O=C(CCN1c2ccccc2Sc2ccccc21)OCC(=O)c1cccc([N+](=O)[O-])c1. The van der Waals surface area contributed by atoms with Gasteiger partial charge in [-0.2, -0.15) is 0 Å². The molecule has 1 heterocycles. The predicted octanol–water partition coefficient (Wildman–Crippen LogP) is 5.01. The van der Waals surface area contributed by atoms with Gasteiger partial charge in [-0.15, -0.1) is 0 Å². The molecule has 0 amide bonds. The van der Waals surface area contributed by atoms with Gasteiger partial charge in [0.25, 0.3) is 5.69 Å². The second kappa shape index (κ2) is 9.01. The maximum absolute atomic E-state index is 12.3. The number of para-hydroxylation sites is 2. The van der Waals surface area contributed by atoms with Gasteiger partial charge in [0.05, 0.1) is 22.7 Å². The first kappa shape index (κ1) is 20.6. The topological polar surface area (TPSA) is 89.8 Å². The van der Waals surface area contributed by atoms with Crippen LogP contribution in [-0.2, 0) is 9.53 Å². The van der Waals surface area contributed by atoms with E-state index >= 15 is 0 Å². The summed E-state index contributed by atoms with van der Waals surface area (Å²) in [6.07, 6.45) is 0.0928. The van der Waals surface area contributed by atoms with Crippen LogP contribution in [0.25, 0.3) is 0 Å². The summed E-state index contributed by atoms with van der Waals surface area (Å²) in [5.74, 6) is -0.992. The zero-order chi connectivity index (χ0) is 21.8. The monoisotopic (exact) mass is 434 g/mol. The number of Topliss-reactive ketones (excluding diaryl/α,β-unsaturated/α-hetero) is 1. The number of carbonyl (C=O) groups excluding carboxylic acids is 2. The van der Waals surface area contributed by atoms with Gasteiger partial charge in [0.15, 0.2) is 6.61 Å². The highest BCUT2D eigenvalue weighted by Gasteiger charge is 2.23. The number of nitro groups is 1. The lowest BCUT2D eigenvalue weighted by molar-refractivity contribution is -0.384. The van der Waals surface area contributed by atoms with Crippen molar-refractivity contribution >= 4 is 40.6 Å². The maximum Gasteiger partial charge on any atom is 0.308 e. The molecule has 3 aromatic rings. The molecule has 0 N–H and O–H groups in total. The third kappa shape index (κ3) is 4.59. The lowest BCUT2D eigenvalue weighted by Gasteiger charge is -2.32. The van der Waals surface area contributed by atoms with Crippen LogP contribution in [0, 0.1) is 10.1 Å². The van der Waals surface area contributed by atoms with E-state index in [1.807, 2.05) is 48.5 Å². The van der Waals surface area contributed by atoms with Crippen molar-refractivity contribution < 1.29 is 19.2 Å². The molecule has 0 aliphatic carbocycles. The largest absolute Gasteiger partial charge is 0.457 e. The molecule has 0 unspecified atom stereocenters. The molecule has 0 bridgehead atoms. The molecular weight excluding hydrogens is 416 g/mol. The van der Waals surface area contributed by atoms with Gasteiger partial charge in [0.1, 0.15) is 0 Å². The highest BCUT2D eigenvalue weighted by molar-refractivity contribution is 7.99. The van der Waals surface area contributed by atoms with Crippen LogP contribution in [0.5, 0.6) is 0 Å². The van der Waals surface area contributed by atoms with Gasteiger partial charge in [-0.25, -0.2) is 0 Å². The van der Waals surface area contributed by atoms with E-state index in [4.69, 9.17) is 4.74 Å².